The van der Waals surface area contributed by atoms with Crippen LogP contribution in [0.5, 0.6) is 0 Å². The lowest BCUT2D eigenvalue weighted by Gasteiger charge is -1.92. The van der Waals surface area contributed by atoms with E-state index in [1.54, 1.807) is 14.0 Å². The molecule has 2 heterocycles. The molecular weight excluding hydrogens is 268 g/mol. The summed E-state index contributed by atoms with van der Waals surface area (Å²) in [6, 6.07) is 0. The summed E-state index contributed by atoms with van der Waals surface area (Å²) >= 11 is 0. The maximum absolute atomic E-state index is 10.4. The molecule has 0 unspecified atom stereocenters. The maximum atomic E-state index is 10.4. The number of rotatable bonds is 2. The Bertz CT molecular complexity index is 781. The molecule has 10 nitrogen and oxygen atoms in total. The second kappa shape index (κ2) is 5.91. The molecule has 0 aliphatic heterocycles. The maximum Gasteiger partial charge on any atom is 0.342 e. The first kappa shape index (κ1) is 10.1. The lowest BCUT2D eigenvalue weighted by Crippen LogP contribution is -1.97. The molecule has 0 amide bonds. The Kier molecular flexibility index (Phi) is 2.97. The first-order chi connectivity index (χ1) is 10.9. The van der Waals surface area contributed by atoms with E-state index in [9.17, 15) is 20.2 Å². The van der Waals surface area contributed by atoms with Crippen LogP contribution in [0.3, 0.4) is 0 Å². The van der Waals surface area contributed by atoms with E-state index in [2.05, 4.69) is 9.97 Å². The van der Waals surface area contributed by atoms with Gasteiger partial charge in [0.2, 0.25) is 0 Å². The van der Waals surface area contributed by atoms with Gasteiger partial charge in [-0.15, -0.1) is 0 Å². The molecule has 0 aromatic carbocycles. The van der Waals surface area contributed by atoms with Crippen LogP contribution in [0.1, 0.15) is 17.1 Å². The topological polar surface area (TPSA) is 122 Å². The van der Waals surface area contributed by atoms with Crippen LogP contribution in [-0.4, -0.2) is 28.9 Å². The van der Waals surface area contributed by atoms with Gasteiger partial charge in [0.25, 0.3) is 0 Å². The van der Waals surface area contributed by atoms with Crippen molar-refractivity contribution in [3.05, 3.63) is 44.2 Å². The second-order valence-corrected chi connectivity index (χ2v) is 3.67. The quantitative estimate of drug-likeness (QED) is 0.605. The number of aromatic nitrogens is 4. The average Bonchev–Trinajstić information content (AvgIpc) is 2.91. The standard InChI is InChI=1S/2C5H7N3O2/c2*1-4-6-3-5(7(4)2)8(9)10/h2*3H,1-2H3/i1D3,3D;. The summed E-state index contributed by atoms with van der Waals surface area (Å²) in [6.07, 6.45) is 0.610. The van der Waals surface area contributed by atoms with Gasteiger partial charge < -0.3 is 20.2 Å². The van der Waals surface area contributed by atoms with Crippen molar-refractivity contribution in [2.45, 2.75) is 13.8 Å². The minimum atomic E-state index is -2.54. The number of aryl methyl sites for hydroxylation is 2. The fourth-order valence-electron chi connectivity index (χ4n) is 1.18. The van der Waals surface area contributed by atoms with Gasteiger partial charge in [0.05, 0.1) is 15.5 Å². The molecule has 0 saturated carbocycles. The van der Waals surface area contributed by atoms with Crippen molar-refractivity contribution in [1.82, 2.24) is 19.1 Å². The van der Waals surface area contributed by atoms with Gasteiger partial charge in [-0.3, -0.25) is 0 Å². The first-order valence-corrected chi connectivity index (χ1v) is 5.18. The Morgan fingerprint density at radius 1 is 1.15 bits per heavy atom. The Labute approximate surface area is 119 Å². The Morgan fingerprint density at radius 3 is 1.95 bits per heavy atom. The Hall–Kier alpha value is -2.78. The van der Waals surface area contributed by atoms with Crippen LogP contribution in [0.25, 0.3) is 0 Å². The van der Waals surface area contributed by atoms with Gasteiger partial charge >= 0.3 is 11.6 Å². The fourth-order valence-corrected chi connectivity index (χ4v) is 1.18. The molecule has 10 heteroatoms. The van der Waals surface area contributed by atoms with Crippen molar-refractivity contribution in [2.75, 3.05) is 0 Å². The first-order valence-electron chi connectivity index (χ1n) is 7.18. The highest BCUT2D eigenvalue weighted by Crippen LogP contribution is 2.10. The molecular formula is C10H14N6O4. The van der Waals surface area contributed by atoms with Crippen molar-refractivity contribution in [2.24, 2.45) is 14.1 Å². The van der Waals surface area contributed by atoms with Crippen LogP contribution < -0.4 is 0 Å². The molecule has 0 aliphatic carbocycles. The Morgan fingerprint density at radius 2 is 1.70 bits per heavy atom. The van der Waals surface area contributed by atoms with Crippen LogP contribution in [-0.2, 0) is 14.1 Å². The summed E-state index contributed by atoms with van der Waals surface area (Å²) in [5.41, 5.74) is 0. The average molecular weight is 286 g/mol. The van der Waals surface area contributed by atoms with Crippen LogP contribution >= 0.6 is 0 Å². The van der Waals surface area contributed by atoms with Crippen molar-refractivity contribution < 1.29 is 15.3 Å². The third kappa shape index (κ3) is 3.16. The summed E-state index contributed by atoms with van der Waals surface area (Å²) < 4.78 is 30.4. The van der Waals surface area contributed by atoms with E-state index in [1.807, 2.05) is 0 Å². The van der Waals surface area contributed by atoms with Crippen molar-refractivity contribution in [1.29, 1.82) is 0 Å². The number of nitrogens with zero attached hydrogens (tertiary/aromatic N) is 6. The molecule has 2 aromatic heterocycles. The molecule has 0 N–H and O–H groups in total. The molecule has 2 aromatic rings. The Balaban J connectivity index is 0.000000254. The lowest BCUT2D eigenvalue weighted by atomic mass is 10.7. The van der Waals surface area contributed by atoms with Gasteiger partial charge in [-0.1, -0.05) is 0 Å². The zero-order valence-corrected chi connectivity index (χ0v) is 10.9. The van der Waals surface area contributed by atoms with Crippen LogP contribution in [0.2, 0.25) is 0 Å². The molecule has 0 atom stereocenters. The van der Waals surface area contributed by atoms with Gasteiger partial charge in [-0.2, -0.15) is 0 Å². The van der Waals surface area contributed by atoms with Crippen molar-refractivity contribution in [3.63, 3.8) is 0 Å². The summed E-state index contributed by atoms with van der Waals surface area (Å²) in [5, 5.41) is 20.6. The molecule has 2 rings (SSSR count). The highest BCUT2D eigenvalue weighted by Gasteiger charge is 2.12. The smallest absolute Gasteiger partial charge is 0.342 e. The minimum Gasteiger partial charge on any atom is -0.358 e. The number of nitro groups is 2. The highest BCUT2D eigenvalue weighted by molar-refractivity contribution is 5.18. The van der Waals surface area contributed by atoms with E-state index in [0.717, 1.165) is 4.57 Å². The van der Waals surface area contributed by atoms with E-state index in [0.29, 0.717) is 5.82 Å². The monoisotopic (exact) mass is 286 g/mol. The van der Waals surface area contributed by atoms with E-state index in [-0.39, 0.29) is 5.82 Å². The van der Waals surface area contributed by atoms with Crippen LogP contribution in [0, 0.1) is 34.0 Å². The predicted octanol–water partition coefficient (Wildman–Crippen LogP) is 1.27. The van der Waals surface area contributed by atoms with Crippen molar-refractivity contribution in [3.8, 4) is 0 Å². The van der Waals surface area contributed by atoms with Crippen LogP contribution in [0.15, 0.2) is 12.4 Å². The molecule has 108 valence electrons. The molecule has 0 bridgehead atoms. The van der Waals surface area contributed by atoms with Crippen LogP contribution in [0.4, 0.5) is 11.6 Å². The van der Waals surface area contributed by atoms with Gasteiger partial charge in [-0.05, 0) is 9.85 Å². The minimum absolute atomic E-state index is 0.0255. The summed E-state index contributed by atoms with van der Waals surface area (Å²) in [7, 11) is 2.81. The van der Waals surface area contributed by atoms with Gasteiger partial charge in [-0.25, -0.2) is 19.1 Å². The van der Waals surface area contributed by atoms with E-state index in [4.69, 9.17) is 5.48 Å². The van der Waals surface area contributed by atoms with Gasteiger partial charge in [0.1, 0.15) is 12.4 Å². The molecule has 0 saturated heterocycles. The SMILES string of the molecule is Cc1ncc([N+](=O)[O-])n1C.[2H]c1nc(C([2H])([2H])[2H])n(C)c1[N+](=O)[O-]. The number of hydrogen-bond acceptors (Lipinski definition) is 6. The third-order valence-corrected chi connectivity index (χ3v) is 2.45. The lowest BCUT2D eigenvalue weighted by molar-refractivity contribution is -0.392. The van der Waals surface area contributed by atoms with E-state index in [1.165, 1.54) is 17.8 Å². The molecule has 0 radical (unpaired) electrons. The largest absolute Gasteiger partial charge is 0.358 e. The number of hydrogen-bond donors (Lipinski definition) is 0. The molecule has 20 heavy (non-hydrogen) atoms. The number of imidazole rings is 2. The molecule has 0 spiro atoms. The third-order valence-electron chi connectivity index (χ3n) is 2.45. The predicted molar refractivity (Wildman–Crippen MR) is 69.2 cm³/mol. The molecule has 0 aliphatic rings. The normalized spacial score (nSPS) is 13.3. The summed E-state index contributed by atoms with van der Waals surface area (Å²) in [6.45, 7) is -0.828. The highest BCUT2D eigenvalue weighted by atomic mass is 16.6. The van der Waals surface area contributed by atoms with E-state index >= 15 is 0 Å². The van der Waals surface area contributed by atoms with Crippen molar-refractivity contribution >= 4 is 11.6 Å². The van der Waals surface area contributed by atoms with E-state index < -0.39 is 34.5 Å². The zero-order valence-electron chi connectivity index (χ0n) is 14.9. The zero-order chi connectivity index (χ0) is 18.8. The second-order valence-electron chi connectivity index (χ2n) is 3.67. The summed E-state index contributed by atoms with van der Waals surface area (Å²) in [4.78, 5) is 26.4. The van der Waals surface area contributed by atoms with Gasteiger partial charge in [0, 0.05) is 17.9 Å². The fraction of sp³-hybridized carbons (Fsp3) is 0.400. The summed E-state index contributed by atoms with van der Waals surface area (Å²) in [5.74, 6) is -0.394. The molecule has 0 fully saturated rings. The van der Waals surface area contributed by atoms with Gasteiger partial charge in [0.15, 0.2) is 11.6 Å².